The van der Waals surface area contributed by atoms with E-state index < -0.39 is 0 Å². The van der Waals surface area contributed by atoms with E-state index in [9.17, 15) is 4.79 Å². The summed E-state index contributed by atoms with van der Waals surface area (Å²) in [6.07, 6.45) is 6.94. The third kappa shape index (κ3) is 2.65. The molecule has 1 aliphatic rings. The fraction of sp³-hybridized carbons (Fsp3) is 0.733. The highest BCUT2D eigenvalue weighted by Gasteiger charge is 2.23. The summed E-state index contributed by atoms with van der Waals surface area (Å²) in [7, 11) is 0. The zero-order valence-electron chi connectivity index (χ0n) is 11.8. The van der Waals surface area contributed by atoms with Crippen LogP contribution in [0, 0.1) is 12.8 Å². The van der Waals surface area contributed by atoms with Gasteiger partial charge in [0.1, 0.15) is 5.82 Å². The summed E-state index contributed by atoms with van der Waals surface area (Å²) in [5.41, 5.74) is 1.81. The Hall–Kier alpha value is -1.12. The number of H-pyrrole nitrogens is 1. The number of nitrogens with one attached hydrogen (secondary N) is 1. The molecule has 1 fully saturated rings. The molecule has 1 aromatic heterocycles. The Labute approximate surface area is 109 Å². The lowest BCUT2D eigenvalue weighted by molar-refractivity contribution is 0.311. The molecule has 18 heavy (non-hydrogen) atoms. The first-order valence-corrected chi connectivity index (χ1v) is 7.25. The minimum Gasteiger partial charge on any atom is -0.310 e. The van der Waals surface area contributed by atoms with Crippen LogP contribution in [0.4, 0.5) is 0 Å². The zero-order chi connectivity index (χ0) is 13.1. The molecule has 1 heterocycles. The Morgan fingerprint density at radius 2 is 1.89 bits per heavy atom. The van der Waals surface area contributed by atoms with Crippen LogP contribution >= 0.6 is 0 Å². The number of nitrogens with zero attached hydrogens (tertiary/aromatic N) is 1. The van der Waals surface area contributed by atoms with Crippen molar-refractivity contribution < 1.29 is 0 Å². The second-order valence-corrected chi connectivity index (χ2v) is 5.49. The van der Waals surface area contributed by atoms with Crippen LogP contribution in [0.2, 0.25) is 0 Å². The summed E-state index contributed by atoms with van der Waals surface area (Å²) in [4.78, 5) is 19.6. The van der Waals surface area contributed by atoms with E-state index >= 15 is 0 Å². The summed E-state index contributed by atoms with van der Waals surface area (Å²) < 4.78 is 0. The van der Waals surface area contributed by atoms with Crippen LogP contribution in [0.3, 0.4) is 0 Å². The first-order chi connectivity index (χ1) is 8.65. The van der Waals surface area contributed by atoms with E-state index in [1.165, 1.54) is 32.1 Å². The average molecular weight is 248 g/mol. The molecule has 100 valence electrons. The standard InChI is InChI=1S/C15H24N2O/c1-4-11-6-8-12(9-7-11)14-16-10(3)13(5-2)15(18)17-14/h11-12H,4-9H2,1-3H3,(H,16,17,18). The Morgan fingerprint density at radius 3 is 2.39 bits per heavy atom. The molecular formula is C15H24N2O. The largest absolute Gasteiger partial charge is 0.310 e. The first-order valence-electron chi connectivity index (χ1n) is 7.25. The van der Waals surface area contributed by atoms with Crippen molar-refractivity contribution in [1.29, 1.82) is 0 Å². The molecule has 0 aliphatic heterocycles. The predicted molar refractivity (Wildman–Crippen MR) is 74.0 cm³/mol. The van der Waals surface area contributed by atoms with Crippen LogP contribution in [0.15, 0.2) is 4.79 Å². The SMILES string of the molecule is CCc1c(C)nc(C2CCC(CC)CC2)[nH]c1=O. The topological polar surface area (TPSA) is 45.8 Å². The van der Waals surface area contributed by atoms with Gasteiger partial charge in [0.2, 0.25) is 0 Å². The molecule has 1 aromatic rings. The van der Waals surface area contributed by atoms with Crippen LogP contribution in [0.25, 0.3) is 0 Å². The minimum atomic E-state index is 0.0672. The Kier molecular flexibility index (Phi) is 4.20. The molecule has 1 aliphatic carbocycles. The van der Waals surface area contributed by atoms with E-state index in [4.69, 9.17) is 0 Å². The number of hydrogen-bond donors (Lipinski definition) is 1. The smallest absolute Gasteiger partial charge is 0.254 e. The number of aromatic amines is 1. The Balaban J connectivity index is 2.18. The monoisotopic (exact) mass is 248 g/mol. The molecule has 0 saturated heterocycles. The van der Waals surface area contributed by atoms with E-state index in [0.29, 0.717) is 5.92 Å². The molecule has 3 nitrogen and oxygen atoms in total. The normalized spacial score (nSPS) is 24.2. The summed E-state index contributed by atoms with van der Waals surface area (Å²) in [6, 6.07) is 0. The maximum Gasteiger partial charge on any atom is 0.254 e. The Morgan fingerprint density at radius 1 is 1.22 bits per heavy atom. The van der Waals surface area contributed by atoms with Crippen molar-refractivity contribution in [3.8, 4) is 0 Å². The van der Waals surface area contributed by atoms with Crippen molar-refractivity contribution in [3.63, 3.8) is 0 Å². The third-order valence-corrected chi connectivity index (χ3v) is 4.40. The van der Waals surface area contributed by atoms with Crippen molar-refractivity contribution in [1.82, 2.24) is 9.97 Å². The van der Waals surface area contributed by atoms with Crippen LogP contribution in [-0.2, 0) is 6.42 Å². The van der Waals surface area contributed by atoms with E-state index in [1.54, 1.807) is 0 Å². The van der Waals surface area contributed by atoms with Gasteiger partial charge in [-0.25, -0.2) is 4.98 Å². The maximum atomic E-state index is 12.0. The summed E-state index contributed by atoms with van der Waals surface area (Å²) in [5, 5.41) is 0. The fourth-order valence-corrected chi connectivity index (χ4v) is 3.09. The van der Waals surface area contributed by atoms with Gasteiger partial charge < -0.3 is 4.98 Å². The van der Waals surface area contributed by atoms with Crippen LogP contribution in [0.5, 0.6) is 0 Å². The molecule has 0 unspecified atom stereocenters. The van der Waals surface area contributed by atoms with Crippen molar-refractivity contribution in [3.05, 3.63) is 27.4 Å². The van der Waals surface area contributed by atoms with E-state index in [1.807, 2.05) is 13.8 Å². The van der Waals surface area contributed by atoms with Gasteiger partial charge in [-0.1, -0.05) is 20.3 Å². The molecule has 0 bridgehead atoms. The molecule has 1 saturated carbocycles. The van der Waals surface area contributed by atoms with Gasteiger partial charge in [0.05, 0.1) is 0 Å². The highest BCUT2D eigenvalue weighted by molar-refractivity contribution is 5.17. The van der Waals surface area contributed by atoms with Gasteiger partial charge in [0.25, 0.3) is 5.56 Å². The van der Waals surface area contributed by atoms with E-state index in [-0.39, 0.29) is 5.56 Å². The lowest BCUT2D eigenvalue weighted by atomic mass is 9.80. The molecule has 1 N–H and O–H groups in total. The average Bonchev–Trinajstić information content (AvgIpc) is 2.38. The van der Waals surface area contributed by atoms with Crippen molar-refractivity contribution >= 4 is 0 Å². The lowest BCUT2D eigenvalue weighted by Crippen LogP contribution is -2.22. The minimum absolute atomic E-state index is 0.0672. The number of aryl methyl sites for hydroxylation is 1. The van der Waals surface area contributed by atoms with Gasteiger partial charge in [-0.2, -0.15) is 0 Å². The van der Waals surface area contributed by atoms with Gasteiger partial charge in [-0.3, -0.25) is 4.79 Å². The number of rotatable bonds is 3. The van der Waals surface area contributed by atoms with Gasteiger partial charge in [-0.15, -0.1) is 0 Å². The molecule has 0 radical (unpaired) electrons. The molecule has 0 spiro atoms. The quantitative estimate of drug-likeness (QED) is 0.891. The maximum absolute atomic E-state index is 12.0. The molecule has 0 amide bonds. The van der Waals surface area contributed by atoms with Crippen LogP contribution < -0.4 is 5.56 Å². The second kappa shape index (κ2) is 5.68. The van der Waals surface area contributed by atoms with Gasteiger partial charge in [0.15, 0.2) is 0 Å². The zero-order valence-corrected chi connectivity index (χ0v) is 11.8. The summed E-state index contributed by atoms with van der Waals surface area (Å²) >= 11 is 0. The second-order valence-electron chi connectivity index (χ2n) is 5.49. The first kappa shape index (κ1) is 13.3. The van der Waals surface area contributed by atoms with Crippen molar-refractivity contribution in [2.45, 2.75) is 65.2 Å². The van der Waals surface area contributed by atoms with Crippen molar-refractivity contribution in [2.24, 2.45) is 5.92 Å². The summed E-state index contributed by atoms with van der Waals surface area (Å²) in [6.45, 7) is 6.23. The van der Waals surface area contributed by atoms with Crippen molar-refractivity contribution in [2.75, 3.05) is 0 Å². The number of aromatic nitrogens is 2. The van der Waals surface area contributed by atoms with E-state index in [0.717, 1.165) is 29.4 Å². The molecule has 2 rings (SSSR count). The Bertz CT molecular complexity index is 456. The summed E-state index contributed by atoms with van der Waals surface area (Å²) in [5.74, 6) is 2.26. The molecule has 3 heteroatoms. The predicted octanol–water partition coefficient (Wildman–Crippen LogP) is 3.32. The van der Waals surface area contributed by atoms with Gasteiger partial charge >= 0.3 is 0 Å². The molecule has 0 aromatic carbocycles. The molecular weight excluding hydrogens is 224 g/mol. The van der Waals surface area contributed by atoms with Gasteiger partial charge in [-0.05, 0) is 44.9 Å². The van der Waals surface area contributed by atoms with Crippen LogP contribution in [-0.4, -0.2) is 9.97 Å². The van der Waals surface area contributed by atoms with Gasteiger partial charge in [0, 0.05) is 17.2 Å². The lowest BCUT2D eigenvalue weighted by Gasteiger charge is -2.27. The number of hydrogen-bond acceptors (Lipinski definition) is 2. The highest BCUT2D eigenvalue weighted by Crippen LogP contribution is 2.35. The van der Waals surface area contributed by atoms with Crippen LogP contribution in [0.1, 0.15) is 69.0 Å². The van der Waals surface area contributed by atoms with E-state index in [2.05, 4.69) is 16.9 Å². The highest BCUT2D eigenvalue weighted by atomic mass is 16.1. The molecule has 0 atom stereocenters. The fourth-order valence-electron chi connectivity index (χ4n) is 3.09. The third-order valence-electron chi connectivity index (χ3n) is 4.40.